The number of rotatable bonds is 8. The summed E-state index contributed by atoms with van der Waals surface area (Å²) in [5, 5.41) is 2.23. The van der Waals surface area contributed by atoms with E-state index in [0.29, 0.717) is 6.61 Å². The third-order valence-electron chi connectivity index (χ3n) is 6.61. The van der Waals surface area contributed by atoms with Crippen molar-refractivity contribution in [2.45, 2.75) is 70.8 Å². The second-order valence-corrected chi connectivity index (χ2v) is 24.7. The molecule has 30 heavy (non-hydrogen) atoms. The summed E-state index contributed by atoms with van der Waals surface area (Å²) in [6.07, 6.45) is 0. The molecule has 5 heteroatoms. The molecule has 0 spiro atoms. The molecule has 2 nitrogen and oxygen atoms in total. The molecule has 0 aliphatic heterocycles. The molecular formula is C25H41O2PSi2. The molecule has 0 N–H and O–H groups in total. The maximum absolute atomic E-state index is 15.1. The van der Waals surface area contributed by atoms with Crippen molar-refractivity contribution in [1.29, 1.82) is 0 Å². The quantitative estimate of drug-likeness (QED) is 0.316. The van der Waals surface area contributed by atoms with Gasteiger partial charge >= 0.3 is 0 Å². The first-order valence-electron chi connectivity index (χ1n) is 11.1. The van der Waals surface area contributed by atoms with E-state index in [0.717, 1.165) is 10.6 Å². The van der Waals surface area contributed by atoms with E-state index < -0.39 is 23.5 Å². The Labute approximate surface area is 187 Å². The molecule has 0 amide bonds. The Morgan fingerprint density at radius 1 is 0.833 bits per heavy atom. The van der Waals surface area contributed by atoms with Gasteiger partial charge in [0.2, 0.25) is 0 Å². The Kier molecular flexibility index (Phi) is 7.83. The van der Waals surface area contributed by atoms with Crippen LogP contribution in [-0.2, 0) is 8.99 Å². The lowest BCUT2D eigenvalue weighted by atomic mass is 10.2. The normalized spacial score (nSPS) is 15.6. The molecule has 0 unspecified atom stereocenters. The zero-order chi connectivity index (χ0) is 22.8. The van der Waals surface area contributed by atoms with Gasteiger partial charge in [-0.15, -0.1) is 0 Å². The minimum atomic E-state index is -2.84. The SMILES string of the molecule is C[C@@H](CO[Si](C)(C)C(C)(C)C)[C@H]([Si](C)(C)C)P(=O)(c1ccccc1)c1ccccc1. The van der Waals surface area contributed by atoms with Crippen LogP contribution in [0, 0.1) is 5.92 Å². The first-order valence-corrected chi connectivity index (χ1v) is 19.3. The van der Waals surface area contributed by atoms with Crippen LogP contribution < -0.4 is 10.6 Å². The molecule has 166 valence electrons. The van der Waals surface area contributed by atoms with Crippen LogP contribution in [0.1, 0.15) is 27.7 Å². The van der Waals surface area contributed by atoms with Crippen LogP contribution >= 0.6 is 7.14 Å². The summed E-state index contributed by atoms with van der Waals surface area (Å²) in [6, 6.07) is 20.3. The maximum atomic E-state index is 15.1. The lowest BCUT2D eigenvalue weighted by Crippen LogP contribution is -2.50. The first kappa shape index (κ1) is 25.3. The molecule has 0 aliphatic carbocycles. The Bertz CT molecular complexity index is 809. The van der Waals surface area contributed by atoms with Crippen LogP contribution in [0.15, 0.2) is 60.7 Å². The molecule has 2 aromatic rings. The monoisotopic (exact) mass is 460 g/mol. The molecule has 0 saturated heterocycles. The smallest absolute Gasteiger partial charge is 0.191 e. The average molecular weight is 461 g/mol. The van der Waals surface area contributed by atoms with Gasteiger partial charge in [-0.05, 0) is 24.1 Å². The molecule has 0 aromatic heterocycles. The number of hydrogen-bond donors (Lipinski definition) is 0. The van der Waals surface area contributed by atoms with E-state index >= 15 is 4.57 Å². The third kappa shape index (κ3) is 5.45. The van der Waals surface area contributed by atoms with Gasteiger partial charge in [0, 0.05) is 22.5 Å². The molecule has 2 aromatic carbocycles. The molecule has 0 radical (unpaired) electrons. The molecule has 0 heterocycles. The molecule has 0 bridgehead atoms. The van der Waals surface area contributed by atoms with Crippen LogP contribution in [0.2, 0.25) is 37.8 Å². The van der Waals surface area contributed by atoms with E-state index in [1.807, 2.05) is 36.4 Å². The van der Waals surface area contributed by atoms with Crippen LogP contribution in [0.25, 0.3) is 0 Å². The van der Waals surface area contributed by atoms with E-state index in [1.165, 1.54) is 0 Å². The lowest BCUT2D eigenvalue weighted by molar-refractivity contribution is 0.242. The average Bonchev–Trinajstić information content (AvgIpc) is 2.66. The van der Waals surface area contributed by atoms with Gasteiger partial charge in [0.25, 0.3) is 0 Å². The predicted molar refractivity (Wildman–Crippen MR) is 139 cm³/mol. The highest BCUT2D eigenvalue weighted by atomic mass is 31.2. The molecule has 0 fully saturated rings. The molecule has 0 saturated carbocycles. The third-order valence-corrected chi connectivity index (χ3v) is 20.3. The summed E-state index contributed by atoms with van der Waals surface area (Å²) in [4.78, 5) is 0. The Hall–Kier alpha value is -0.936. The van der Waals surface area contributed by atoms with E-state index in [-0.39, 0.29) is 16.2 Å². The van der Waals surface area contributed by atoms with Crippen molar-refractivity contribution in [2.24, 2.45) is 5.92 Å². The van der Waals surface area contributed by atoms with Crippen molar-refractivity contribution in [3.8, 4) is 0 Å². The van der Waals surface area contributed by atoms with Crippen LogP contribution in [0.5, 0.6) is 0 Å². The van der Waals surface area contributed by atoms with Crippen LogP contribution in [0.3, 0.4) is 0 Å². The summed E-state index contributed by atoms with van der Waals surface area (Å²) in [7, 11) is -6.52. The fourth-order valence-electron chi connectivity index (χ4n) is 4.17. The van der Waals surface area contributed by atoms with Gasteiger partial charge in [-0.2, -0.15) is 0 Å². The van der Waals surface area contributed by atoms with Crippen molar-refractivity contribution >= 4 is 34.1 Å². The second kappa shape index (κ2) is 9.28. The van der Waals surface area contributed by atoms with E-state index in [4.69, 9.17) is 4.43 Å². The fourth-order valence-corrected chi connectivity index (χ4v) is 15.3. The van der Waals surface area contributed by atoms with Crippen molar-refractivity contribution in [3.05, 3.63) is 60.7 Å². The Morgan fingerprint density at radius 3 is 1.57 bits per heavy atom. The van der Waals surface area contributed by atoms with Gasteiger partial charge in [-0.25, -0.2) is 0 Å². The van der Waals surface area contributed by atoms with E-state index in [1.54, 1.807) is 0 Å². The van der Waals surface area contributed by atoms with E-state index in [9.17, 15) is 0 Å². The predicted octanol–water partition coefficient (Wildman–Crippen LogP) is 6.90. The van der Waals surface area contributed by atoms with Gasteiger partial charge in [0.1, 0.15) is 7.14 Å². The first-order chi connectivity index (χ1) is 13.7. The minimum absolute atomic E-state index is 0.111. The highest BCUT2D eigenvalue weighted by Crippen LogP contribution is 2.55. The Morgan fingerprint density at radius 2 is 1.23 bits per heavy atom. The molecular weight excluding hydrogens is 419 g/mol. The summed E-state index contributed by atoms with van der Waals surface area (Å²) in [6.45, 7) is 21.4. The highest BCUT2D eigenvalue weighted by molar-refractivity contribution is 7.81. The van der Waals surface area contributed by atoms with Gasteiger partial charge in [-0.3, -0.25) is 0 Å². The maximum Gasteiger partial charge on any atom is 0.191 e. The van der Waals surface area contributed by atoms with Crippen molar-refractivity contribution in [1.82, 2.24) is 0 Å². The topological polar surface area (TPSA) is 26.3 Å². The van der Waals surface area contributed by atoms with Gasteiger partial charge in [0.05, 0.1) is 8.07 Å². The number of benzene rings is 2. The molecule has 2 rings (SSSR count). The number of hydrogen-bond acceptors (Lipinski definition) is 2. The van der Waals surface area contributed by atoms with Gasteiger partial charge in [0.15, 0.2) is 8.32 Å². The van der Waals surface area contributed by atoms with Crippen molar-refractivity contribution in [2.75, 3.05) is 6.61 Å². The zero-order valence-corrected chi connectivity index (χ0v) is 23.3. The van der Waals surface area contributed by atoms with Crippen molar-refractivity contribution in [3.63, 3.8) is 0 Å². The summed E-state index contributed by atoms with van der Waals surface area (Å²) >= 11 is 0. The summed E-state index contributed by atoms with van der Waals surface area (Å²) in [5.41, 5.74) is 0. The summed E-state index contributed by atoms with van der Waals surface area (Å²) in [5.74, 6) is 0.219. The summed E-state index contributed by atoms with van der Waals surface area (Å²) < 4.78 is 21.8. The van der Waals surface area contributed by atoms with Crippen LogP contribution in [0.4, 0.5) is 0 Å². The highest BCUT2D eigenvalue weighted by Gasteiger charge is 2.48. The van der Waals surface area contributed by atoms with E-state index in [2.05, 4.69) is 84.7 Å². The van der Waals surface area contributed by atoms with Gasteiger partial charge in [-0.1, -0.05) is 108 Å². The molecule has 2 atom stereocenters. The van der Waals surface area contributed by atoms with Crippen LogP contribution in [-0.4, -0.2) is 28.3 Å². The largest absolute Gasteiger partial charge is 0.417 e. The minimum Gasteiger partial charge on any atom is -0.417 e. The Balaban J connectivity index is 2.55. The zero-order valence-electron chi connectivity index (χ0n) is 20.4. The van der Waals surface area contributed by atoms with Gasteiger partial charge < -0.3 is 8.99 Å². The second-order valence-electron chi connectivity index (χ2n) is 11.2. The molecule has 0 aliphatic rings. The lowest BCUT2D eigenvalue weighted by Gasteiger charge is -2.43. The fraction of sp³-hybridized carbons (Fsp3) is 0.520. The van der Waals surface area contributed by atoms with Crippen molar-refractivity contribution < 1.29 is 8.99 Å². The standard InChI is InChI=1S/C25H41O2PSi2/c1-21(20-27-30(8,9)25(2,3)4)24(29(5,6)7)28(26,22-16-12-10-13-17-22)23-18-14-11-15-19-23/h10-19,21,24H,20H2,1-9H3/t21-,24-/m0/s1.